The van der Waals surface area contributed by atoms with Gasteiger partial charge in [0, 0.05) is 36.0 Å². The zero-order valence-electron chi connectivity index (χ0n) is 25.4. The largest absolute Gasteiger partial charge is 0.647 e. The molecule has 0 bridgehead atoms. The second kappa shape index (κ2) is 14.2. The van der Waals surface area contributed by atoms with Crippen molar-refractivity contribution in [2.24, 2.45) is 0 Å². The Morgan fingerprint density at radius 3 is 0.936 bits per heavy atom. The molecule has 0 atom stereocenters. The first kappa shape index (κ1) is 31.3. The number of phosphoric acid groups is 1. The molecule has 0 heterocycles. The summed E-state index contributed by atoms with van der Waals surface area (Å²) < 4.78 is 33.3. The van der Waals surface area contributed by atoms with Crippen molar-refractivity contribution < 1.29 is 33.5 Å². The molecule has 0 spiro atoms. The number of aromatic hydroxyl groups is 3. The summed E-state index contributed by atoms with van der Waals surface area (Å²) >= 11 is 0. The average molecular weight is 645 g/mol. The predicted molar refractivity (Wildman–Crippen MR) is 182 cm³/mol. The van der Waals surface area contributed by atoms with Crippen LogP contribution in [0.1, 0.15) is 33.4 Å². The van der Waals surface area contributed by atoms with E-state index in [-0.39, 0.29) is 34.5 Å². The molecule has 6 aromatic rings. The van der Waals surface area contributed by atoms with E-state index in [0.29, 0.717) is 36.0 Å². The van der Waals surface area contributed by atoms with Gasteiger partial charge in [-0.25, -0.2) is 0 Å². The van der Waals surface area contributed by atoms with Crippen molar-refractivity contribution in [2.45, 2.75) is 19.3 Å². The molecule has 47 heavy (non-hydrogen) atoms. The van der Waals surface area contributed by atoms with Gasteiger partial charge in [-0.3, -0.25) is 0 Å². The lowest BCUT2D eigenvalue weighted by Gasteiger charge is -2.24. The third-order valence-electron chi connectivity index (χ3n) is 7.55. The molecular formula is C39H33O7P. The van der Waals surface area contributed by atoms with E-state index in [2.05, 4.69) is 0 Å². The summed E-state index contributed by atoms with van der Waals surface area (Å²) in [5.41, 5.74) is 4.34. The van der Waals surface area contributed by atoms with Crippen molar-refractivity contribution in [3.63, 3.8) is 0 Å². The number of para-hydroxylation sites is 3. The van der Waals surface area contributed by atoms with Crippen LogP contribution in [0.25, 0.3) is 0 Å². The highest BCUT2D eigenvalue weighted by molar-refractivity contribution is 7.49. The second-order valence-corrected chi connectivity index (χ2v) is 12.4. The van der Waals surface area contributed by atoms with Gasteiger partial charge in [-0.05, 0) is 34.9 Å². The monoisotopic (exact) mass is 644 g/mol. The van der Waals surface area contributed by atoms with Gasteiger partial charge < -0.3 is 28.9 Å². The summed E-state index contributed by atoms with van der Waals surface area (Å²) in [5, 5.41) is 33.1. The van der Waals surface area contributed by atoms with Crippen molar-refractivity contribution in [2.75, 3.05) is 0 Å². The van der Waals surface area contributed by atoms with E-state index in [1.807, 2.05) is 91.0 Å². The summed E-state index contributed by atoms with van der Waals surface area (Å²) in [6.07, 6.45) is 1.03. The molecule has 6 rings (SSSR count). The van der Waals surface area contributed by atoms with Crippen molar-refractivity contribution in [3.8, 4) is 34.5 Å². The van der Waals surface area contributed by atoms with Crippen LogP contribution in [-0.2, 0) is 23.8 Å². The van der Waals surface area contributed by atoms with Crippen molar-refractivity contribution >= 4 is 7.82 Å². The molecule has 0 amide bonds. The number of phosphoric ester groups is 1. The topological polar surface area (TPSA) is 105 Å². The quantitative estimate of drug-likeness (QED) is 0.114. The highest BCUT2D eigenvalue weighted by atomic mass is 31.2. The van der Waals surface area contributed by atoms with E-state index in [1.54, 1.807) is 36.4 Å². The standard InChI is InChI=1S/C39H33O7P/c40-34-22-10-19-31(25-28-13-4-1-5-14-28)37(34)44-47(43,45-38-32(20-11-23-35(38)41)26-29-15-6-2-7-16-29)46-39-33(21-12-24-36(39)42)27-30-17-8-3-9-18-30/h1-24,40-42H,25-27H2. The maximum atomic E-state index is 15.0. The Morgan fingerprint density at radius 1 is 0.383 bits per heavy atom. The molecule has 0 saturated heterocycles. The summed E-state index contributed by atoms with van der Waals surface area (Å²) in [6.45, 7) is 0. The minimum atomic E-state index is -4.84. The minimum absolute atomic E-state index is 0.111. The molecule has 0 aliphatic heterocycles. The van der Waals surface area contributed by atoms with E-state index in [0.717, 1.165) is 16.7 Å². The fraction of sp³-hybridized carbons (Fsp3) is 0.0769. The van der Waals surface area contributed by atoms with Gasteiger partial charge in [0.15, 0.2) is 34.5 Å². The molecule has 8 heteroatoms. The fourth-order valence-corrected chi connectivity index (χ4v) is 6.70. The molecule has 236 valence electrons. The van der Waals surface area contributed by atoms with Crippen LogP contribution in [0.15, 0.2) is 146 Å². The molecule has 0 aliphatic rings. The Hall–Kier alpha value is -5.65. The van der Waals surface area contributed by atoms with Crippen LogP contribution in [0.4, 0.5) is 0 Å². The number of phenols is 3. The van der Waals surface area contributed by atoms with Crippen LogP contribution in [-0.4, -0.2) is 15.3 Å². The van der Waals surface area contributed by atoms with Crippen LogP contribution in [0.2, 0.25) is 0 Å². The number of hydrogen-bond acceptors (Lipinski definition) is 7. The molecule has 3 N–H and O–H groups in total. The van der Waals surface area contributed by atoms with Crippen molar-refractivity contribution in [1.82, 2.24) is 0 Å². The Bertz CT molecular complexity index is 1770. The zero-order valence-corrected chi connectivity index (χ0v) is 26.3. The SMILES string of the molecule is O=P(Oc1c(O)cccc1Cc1ccccc1)(Oc1c(O)cccc1Cc1ccccc1)Oc1c(O)cccc1Cc1ccccc1. The highest BCUT2D eigenvalue weighted by Gasteiger charge is 2.38. The lowest BCUT2D eigenvalue weighted by Crippen LogP contribution is -2.11. The first-order valence-electron chi connectivity index (χ1n) is 15.1. The van der Waals surface area contributed by atoms with Gasteiger partial charge in [0.25, 0.3) is 0 Å². The summed E-state index contributed by atoms with van der Waals surface area (Å²) in [5.74, 6) is -1.18. The van der Waals surface area contributed by atoms with Crippen LogP contribution >= 0.6 is 7.82 Å². The van der Waals surface area contributed by atoms with Gasteiger partial charge >= 0.3 is 7.82 Å². The van der Waals surface area contributed by atoms with E-state index in [1.165, 1.54) is 18.2 Å². The average Bonchev–Trinajstić information content (AvgIpc) is 3.08. The third kappa shape index (κ3) is 7.78. The fourth-order valence-electron chi connectivity index (χ4n) is 5.29. The van der Waals surface area contributed by atoms with E-state index < -0.39 is 7.82 Å². The molecular weight excluding hydrogens is 611 g/mol. The maximum absolute atomic E-state index is 15.0. The Labute approximate surface area is 273 Å². The normalized spacial score (nSPS) is 11.1. The molecule has 0 aromatic heterocycles. The molecule has 0 saturated carbocycles. The van der Waals surface area contributed by atoms with Crippen molar-refractivity contribution in [3.05, 3.63) is 179 Å². The molecule has 0 aliphatic carbocycles. The number of rotatable bonds is 12. The van der Waals surface area contributed by atoms with Crippen molar-refractivity contribution in [1.29, 1.82) is 0 Å². The number of hydrogen-bond donors (Lipinski definition) is 3. The highest BCUT2D eigenvalue weighted by Crippen LogP contribution is 2.56. The van der Waals surface area contributed by atoms with Crippen LogP contribution < -0.4 is 13.6 Å². The number of benzene rings is 6. The first-order chi connectivity index (χ1) is 22.9. The van der Waals surface area contributed by atoms with Gasteiger partial charge in [-0.2, -0.15) is 4.57 Å². The second-order valence-electron chi connectivity index (χ2n) is 11.0. The molecule has 6 aromatic carbocycles. The lowest BCUT2D eigenvalue weighted by atomic mass is 10.0. The maximum Gasteiger partial charge on any atom is 0.647 e. The zero-order chi connectivity index (χ0) is 32.6. The molecule has 0 unspecified atom stereocenters. The van der Waals surface area contributed by atoms with Crippen LogP contribution in [0.3, 0.4) is 0 Å². The van der Waals surface area contributed by atoms with Gasteiger partial charge in [0.2, 0.25) is 0 Å². The van der Waals surface area contributed by atoms with Crippen LogP contribution in [0, 0.1) is 0 Å². The van der Waals surface area contributed by atoms with Gasteiger partial charge in [-0.15, -0.1) is 0 Å². The Balaban J connectivity index is 1.44. The smallest absolute Gasteiger partial charge is 0.504 e. The van der Waals surface area contributed by atoms with E-state index in [4.69, 9.17) is 13.6 Å². The Morgan fingerprint density at radius 2 is 0.660 bits per heavy atom. The lowest BCUT2D eigenvalue weighted by molar-refractivity contribution is 0.279. The van der Waals surface area contributed by atoms with Gasteiger partial charge in [0.1, 0.15) is 0 Å². The molecule has 0 fully saturated rings. The molecule has 7 nitrogen and oxygen atoms in total. The van der Waals surface area contributed by atoms with E-state index >= 15 is 0 Å². The first-order valence-corrected chi connectivity index (χ1v) is 16.6. The Kier molecular flexibility index (Phi) is 9.46. The third-order valence-corrected chi connectivity index (χ3v) is 8.77. The van der Waals surface area contributed by atoms with Gasteiger partial charge in [0.05, 0.1) is 0 Å². The predicted octanol–water partition coefficient (Wildman–Crippen LogP) is 9.22. The minimum Gasteiger partial charge on any atom is -0.504 e. The number of phenolic OH excluding ortho intramolecular Hbond substituents is 3. The van der Waals surface area contributed by atoms with E-state index in [9.17, 15) is 19.9 Å². The summed E-state index contributed by atoms with van der Waals surface area (Å²) in [7, 11) is -4.84. The van der Waals surface area contributed by atoms with Crippen LogP contribution in [0.5, 0.6) is 34.5 Å². The van der Waals surface area contributed by atoms with Gasteiger partial charge in [-0.1, -0.05) is 127 Å². The molecule has 0 radical (unpaired) electrons. The summed E-state index contributed by atoms with van der Waals surface area (Å²) in [6, 6.07) is 43.1. The summed E-state index contributed by atoms with van der Waals surface area (Å²) in [4.78, 5) is 0.